The highest BCUT2D eigenvalue weighted by Crippen LogP contribution is 2.24. The van der Waals surface area contributed by atoms with Gasteiger partial charge in [0.2, 0.25) is 0 Å². The lowest BCUT2D eigenvalue weighted by Gasteiger charge is -2.18. The number of halogens is 1. The summed E-state index contributed by atoms with van der Waals surface area (Å²) in [6.07, 6.45) is 6.58. The molecule has 4 rings (SSSR count). The van der Waals surface area contributed by atoms with Gasteiger partial charge in [-0.1, -0.05) is 26.2 Å². The standard InChI is InChI=1S/C16H17FN6O.C5H10/c17-10-3-4-12-13(8-10)22-14(21-12)5-6-20-16(24)11-2-1-7-23(9-18)15(11)19;1-5-3-2-4-5/h1-4,7-8,19H,5-6,9,18H2,(H,20,24)(H,21,22);5H,2-4H2,1H3. The third-order valence-corrected chi connectivity index (χ3v) is 5.05. The van der Waals surface area contributed by atoms with Crippen molar-refractivity contribution in [1.82, 2.24) is 19.9 Å². The number of carbonyl (C=O) groups is 1. The van der Waals surface area contributed by atoms with E-state index in [-0.39, 0.29) is 29.4 Å². The Kier molecular flexibility index (Phi) is 6.77. The van der Waals surface area contributed by atoms with Crippen LogP contribution in [-0.2, 0) is 13.1 Å². The van der Waals surface area contributed by atoms with Crippen molar-refractivity contribution >= 4 is 16.9 Å². The third kappa shape index (κ3) is 5.29. The minimum Gasteiger partial charge on any atom is -0.351 e. The van der Waals surface area contributed by atoms with Crippen LogP contribution >= 0.6 is 0 Å². The van der Waals surface area contributed by atoms with Gasteiger partial charge in [-0.15, -0.1) is 0 Å². The van der Waals surface area contributed by atoms with Crippen molar-refractivity contribution in [3.05, 3.63) is 59.2 Å². The van der Waals surface area contributed by atoms with Crippen LogP contribution in [0.4, 0.5) is 4.39 Å². The summed E-state index contributed by atoms with van der Waals surface area (Å²) in [7, 11) is 0. The number of amides is 1. The predicted molar refractivity (Wildman–Crippen MR) is 110 cm³/mol. The second-order valence-corrected chi connectivity index (χ2v) is 7.31. The highest BCUT2D eigenvalue weighted by Gasteiger charge is 2.10. The van der Waals surface area contributed by atoms with Gasteiger partial charge in [0.05, 0.1) is 23.3 Å². The summed E-state index contributed by atoms with van der Waals surface area (Å²) in [5.41, 5.74) is 7.14. The molecule has 0 bridgehead atoms. The van der Waals surface area contributed by atoms with Gasteiger partial charge in [-0.05, 0) is 36.2 Å². The number of nitrogens with two attached hydrogens (primary N) is 1. The summed E-state index contributed by atoms with van der Waals surface area (Å²) in [6, 6.07) is 7.59. The van der Waals surface area contributed by atoms with Gasteiger partial charge in [0, 0.05) is 19.2 Å². The van der Waals surface area contributed by atoms with E-state index in [2.05, 4.69) is 22.2 Å². The molecule has 0 aliphatic heterocycles. The summed E-state index contributed by atoms with van der Waals surface area (Å²) in [5, 5.41) is 10.7. The summed E-state index contributed by atoms with van der Waals surface area (Å²) >= 11 is 0. The van der Waals surface area contributed by atoms with Crippen LogP contribution in [0.1, 0.15) is 42.4 Å². The second-order valence-electron chi connectivity index (χ2n) is 7.31. The molecule has 8 heteroatoms. The molecule has 0 unspecified atom stereocenters. The van der Waals surface area contributed by atoms with E-state index in [0.29, 0.717) is 29.8 Å². The minimum atomic E-state index is -0.343. The average Bonchev–Trinajstić information content (AvgIpc) is 3.08. The molecule has 2 heterocycles. The summed E-state index contributed by atoms with van der Waals surface area (Å²) in [4.78, 5) is 19.5. The summed E-state index contributed by atoms with van der Waals surface area (Å²) < 4.78 is 14.6. The number of imidazole rings is 1. The molecule has 1 aliphatic carbocycles. The van der Waals surface area contributed by atoms with Gasteiger partial charge in [0.15, 0.2) is 0 Å². The van der Waals surface area contributed by atoms with E-state index < -0.39 is 0 Å². The topological polar surface area (TPSA) is 113 Å². The number of fused-ring (bicyclic) bond motifs is 1. The van der Waals surface area contributed by atoms with Crippen LogP contribution in [0.15, 0.2) is 36.5 Å². The molecule has 154 valence electrons. The maximum absolute atomic E-state index is 13.2. The molecule has 1 amide bonds. The van der Waals surface area contributed by atoms with E-state index >= 15 is 0 Å². The van der Waals surface area contributed by atoms with E-state index in [9.17, 15) is 9.18 Å². The molecule has 3 aromatic rings. The Labute approximate surface area is 168 Å². The number of carbonyl (C=O) groups excluding carboxylic acids is 1. The van der Waals surface area contributed by atoms with Crippen molar-refractivity contribution in [2.24, 2.45) is 11.7 Å². The van der Waals surface area contributed by atoms with Gasteiger partial charge < -0.3 is 20.6 Å². The first kappa shape index (κ1) is 20.7. The lowest BCUT2D eigenvalue weighted by Crippen LogP contribution is -2.35. The predicted octanol–water partition coefficient (Wildman–Crippen LogP) is 2.68. The maximum Gasteiger partial charge on any atom is 0.255 e. The van der Waals surface area contributed by atoms with Gasteiger partial charge in [0.25, 0.3) is 5.91 Å². The van der Waals surface area contributed by atoms with Crippen LogP contribution in [0.3, 0.4) is 0 Å². The monoisotopic (exact) mass is 398 g/mol. The molecule has 0 spiro atoms. The van der Waals surface area contributed by atoms with Crippen LogP contribution in [0.25, 0.3) is 11.0 Å². The van der Waals surface area contributed by atoms with E-state index in [1.807, 2.05) is 0 Å². The highest BCUT2D eigenvalue weighted by atomic mass is 19.1. The van der Waals surface area contributed by atoms with Crippen molar-refractivity contribution in [2.75, 3.05) is 6.54 Å². The zero-order valence-corrected chi connectivity index (χ0v) is 16.5. The average molecular weight is 398 g/mol. The van der Waals surface area contributed by atoms with Gasteiger partial charge in [-0.3, -0.25) is 10.2 Å². The SMILES string of the molecule is CC1CCC1.N=c1c(C(=O)NCCc2nc3ccc(F)cc3[nH]2)cccn1CN. The van der Waals surface area contributed by atoms with E-state index in [1.54, 1.807) is 24.4 Å². The van der Waals surface area contributed by atoms with Crippen LogP contribution in [-0.4, -0.2) is 27.0 Å². The number of hydrogen-bond acceptors (Lipinski definition) is 4. The van der Waals surface area contributed by atoms with Crippen LogP contribution in [0.2, 0.25) is 0 Å². The minimum absolute atomic E-state index is 0.0664. The number of pyridine rings is 1. The number of aromatic amines is 1. The van der Waals surface area contributed by atoms with Crippen molar-refractivity contribution in [3.63, 3.8) is 0 Å². The molecule has 1 aliphatic rings. The molecule has 1 aromatic carbocycles. The zero-order chi connectivity index (χ0) is 20.8. The molecular weight excluding hydrogens is 371 g/mol. The Morgan fingerprint density at radius 3 is 2.83 bits per heavy atom. The summed E-state index contributed by atoms with van der Waals surface area (Å²) in [5.74, 6) is 1.05. The molecular formula is C21H27FN6O. The normalized spacial score (nSPS) is 13.5. The fraction of sp³-hybridized carbons (Fsp3) is 0.381. The van der Waals surface area contributed by atoms with E-state index in [0.717, 1.165) is 5.92 Å². The number of benzene rings is 1. The lowest BCUT2D eigenvalue weighted by molar-refractivity contribution is 0.0951. The van der Waals surface area contributed by atoms with Crippen molar-refractivity contribution in [3.8, 4) is 0 Å². The van der Waals surface area contributed by atoms with Gasteiger partial charge in [-0.25, -0.2) is 9.37 Å². The molecule has 1 fully saturated rings. The first-order valence-electron chi connectivity index (χ1n) is 9.84. The Morgan fingerprint density at radius 2 is 2.17 bits per heavy atom. The van der Waals surface area contributed by atoms with Crippen molar-refractivity contribution < 1.29 is 9.18 Å². The first-order chi connectivity index (χ1) is 14.0. The van der Waals surface area contributed by atoms with Crippen molar-refractivity contribution in [1.29, 1.82) is 5.41 Å². The lowest BCUT2D eigenvalue weighted by atomic mass is 9.88. The molecule has 1 saturated carbocycles. The Morgan fingerprint density at radius 1 is 1.41 bits per heavy atom. The number of aromatic nitrogens is 3. The molecule has 7 nitrogen and oxygen atoms in total. The first-order valence-corrected chi connectivity index (χ1v) is 9.84. The molecule has 0 radical (unpaired) electrons. The van der Waals surface area contributed by atoms with Gasteiger partial charge in [-0.2, -0.15) is 0 Å². The second kappa shape index (κ2) is 9.47. The zero-order valence-electron chi connectivity index (χ0n) is 16.5. The molecule has 2 aromatic heterocycles. The van der Waals surface area contributed by atoms with E-state index in [4.69, 9.17) is 11.1 Å². The van der Waals surface area contributed by atoms with Crippen LogP contribution in [0, 0.1) is 17.1 Å². The maximum atomic E-state index is 13.2. The molecule has 29 heavy (non-hydrogen) atoms. The van der Waals surface area contributed by atoms with Gasteiger partial charge >= 0.3 is 0 Å². The number of hydrogen-bond donors (Lipinski definition) is 4. The molecule has 0 saturated heterocycles. The van der Waals surface area contributed by atoms with E-state index in [1.165, 1.54) is 36.0 Å². The Balaban J connectivity index is 0.000000419. The molecule has 5 N–H and O–H groups in total. The third-order valence-electron chi connectivity index (χ3n) is 5.05. The molecule has 0 atom stereocenters. The fourth-order valence-corrected chi connectivity index (χ4v) is 3.04. The van der Waals surface area contributed by atoms with Crippen LogP contribution < -0.4 is 16.5 Å². The number of rotatable bonds is 5. The Bertz CT molecular complexity index is 1040. The van der Waals surface area contributed by atoms with Crippen LogP contribution in [0.5, 0.6) is 0 Å². The fourth-order valence-electron chi connectivity index (χ4n) is 3.04. The smallest absolute Gasteiger partial charge is 0.255 e. The Hall–Kier alpha value is -3.00. The number of H-pyrrole nitrogens is 1. The van der Waals surface area contributed by atoms with Gasteiger partial charge in [0.1, 0.15) is 17.1 Å². The highest BCUT2D eigenvalue weighted by molar-refractivity contribution is 5.93. The largest absolute Gasteiger partial charge is 0.351 e. The number of nitrogens with zero attached hydrogens (tertiary/aromatic N) is 2. The number of nitrogens with one attached hydrogen (secondary N) is 3. The van der Waals surface area contributed by atoms with Crippen molar-refractivity contribution in [2.45, 2.75) is 39.3 Å². The summed E-state index contributed by atoms with van der Waals surface area (Å²) in [6.45, 7) is 2.79. The quantitative estimate of drug-likeness (QED) is 0.530.